The Labute approximate surface area is 150 Å². The molecule has 1 aromatic carbocycles. The number of nitrogens with one attached hydrogen (secondary N) is 2. The molecule has 3 unspecified atom stereocenters. The van der Waals surface area contributed by atoms with Gasteiger partial charge < -0.3 is 15.5 Å². The Bertz CT molecular complexity index is 658. The number of benzene rings is 1. The third kappa shape index (κ3) is 4.14. The number of hydrogen-bond acceptors (Lipinski definition) is 2. The summed E-state index contributed by atoms with van der Waals surface area (Å²) in [6.07, 6.45) is 5.02. The number of urea groups is 1. The van der Waals surface area contributed by atoms with Crippen LogP contribution in [0.2, 0.25) is 0 Å². The van der Waals surface area contributed by atoms with E-state index in [0.717, 1.165) is 12.1 Å². The molecule has 5 nitrogen and oxygen atoms in total. The van der Waals surface area contributed by atoms with Crippen LogP contribution in [0.4, 0.5) is 10.5 Å². The molecule has 1 heterocycles. The number of amides is 3. The molecule has 0 spiro atoms. The monoisotopic (exact) mass is 343 g/mol. The van der Waals surface area contributed by atoms with Crippen molar-refractivity contribution < 1.29 is 9.59 Å². The smallest absolute Gasteiger partial charge is 0.315 e. The zero-order chi connectivity index (χ0) is 18.0. The van der Waals surface area contributed by atoms with Crippen LogP contribution in [0.5, 0.6) is 0 Å². The van der Waals surface area contributed by atoms with E-state index in [-0.39, 0.29) is 24.0 Å². The van der Waals surface area contributed by atoms with E-state index in [4.69, 9.17) is 0 Å². The first-order chi connectivity index (χ1) is 11.9. The Morgan fingerprint density at radius 1 is 1.12 bits per heavy atom. The number of aryl methyl sites for hydroxylation is 2. The summed E-state index contributed by atoms with van der Waals surface area (Å²) < 4.78 is 0. The van der Waals surface area contributed by atoms with Crippen molar-refractivity contribution in [3.8, 4) is 0 Å². The number of carbonyl (C=O) groups is 2. The fraction of sp³-hybridized carbons (Fsp3) is 0.600. The summed E-state index contributed by atoms with van der Waals surface area (Å²) in [5, 5.41) is 6.09. The van der Waals surface area contributed by atoms with Crippen molar-refractivity contribution in [3.63, 3.8) is 0 Å². The highest BCUT2D eigenvalue weighted by molar-refractivity contribution is 5.96. The molecular formula is C20H29N3O2. The maximum atomic E-state index is 12.4. The fourth-order valence-corrected chi connectivity index (χ4v) is 3.87. The minimum atomic E-state index is -0.140. The highest BCUT2D eigenvalue weighted by atomic mass is 16.2. The van der Waals surface area contributed by atoms with Crippen molar-refractivity contribution in [3.05, 3.63) is 29.3 Å². The average molecular weight is 343 g/mol. The van der Waals surface area contributed by atoms with Gasteiger partial charge in [0.2, 0.25) is 5.91 Å². The Hall–Kier alpha value is -2.04. The third-order valence-corrected chi connectivity index (χ3v) is 5.69. The molecule has 25 heavy (non-hydrogen) atoms. The van der Waals surface area contributed by atoms with Crippen molar-refractivity contribution in [1.82, 2.24) is 10.6 Å². The van der Waals surface area contributed by atoms with Gasteiger partial charge in [-0.25, -0.2) is 4.79 Å². The second-order valence-corrected chi connectivity index (χ2v) is 7.66. The molecule has 5 heteroatoms. The summed E-state index contributed by atoms with van der Waals surface area (Å²) in [6, 6.07) is 6.04. The molecule has 1 aromatic rings. The molecule has 3 atom stereocenters. The molecule has 0 bridgehead atoms. The number of nitrogens with zero attached hydrogens (tertiary/aromatic N) is 1. The summed E-state index contributed by atoms with van der Waals surface area (Å²) in [7, 11) is 0. The van der Waals surface area contributed by atoms with Gasteiger partial charge in [0.25, 0.3) is 0 Å². The molecule has 3 amide bonds. The zero-order valence-corrected chi connectivity index (χ0v) is 15.5. The van der Waals surface area contributed by atoms with Crippen LogP contribution in [-0.4, -0.2) is 30.6 Å². The molecule has 2 fully saturated rings. The van der Waals surface area contributed by atoms with E-state index < -0.39 is 0 Å². The molecular weight excluding hydrogens is 314 g/mol. The molecule has 1 aliphatic carbocycles. The lowest BCUT2D eigenvalue weighted by molar-refractivity contribution is -0.117. The van der Waals surface area contributed by atoms with Gasteiger partial charge in [-0.15, -0.1) is 0 Å². The summed E-state index contributed by atoms with van der Waals surface area (Å²) in [4.78, 5) is 26.4. The molecule has 0 aromatic heterocycles. The standard InChI is InChI=1S/C20H29N3O2/c1-13-8-9-17(10-15(13)3)23-12-16(11-19(23)24)21-20(25)22-18-7-5-4-6-14(18)2/h8-10,14,16,18H,4-7,11-12H2,1-3H3,(H2,21,22,25). The molecule has 1 saturated carbocycles. The molecule has 0 radical (unpaired) electrons. The van der Waals surface area contributed by atoms with E-state index in [1.54, 1.807) is 4.90 Å². The lowest BCUT2D eigenvalue weighted by atomic mass is 9.86. The topological polar surface area (TPSA) is 61.4 Å². The first-order valence-corrected chi connectivity index (χ1v) is 9.38. The summed E-state index contributed by atoms with van der Waals surface area (Å²) >= 11 is 0. The van der Waals surface area contributed by atoms with Gasteiger partial charge in [0.1, 0.15) is 0 Å². The number of carbonyl (C=O) groups excluding carboxylic acids is 2. The van der Waals surface area contributed by atoms with E-state index in [1.807, 2.05) is 25.1 Å². The Balaban J connectivity index is 1.56. The summed E-state index contributed by atoms with van der Waals surface area (Å²) in [6.45, 7) is 6.85. The van der Waals surface area contributed by atoms with Gasteiger partial charge in [-0.05, 0) is 55.9 Å². The Kier molecular flexibility index (Phi) is 5.30. The van der Waals surface area contributed by atoms with Gasteiger partial charge >= 0.3 is 6.03 Å². The Morgan fingerprint density at radius 3 is 2.60 bits per heavy atom. The highest BCUT2D eigenvalue weighted by Gasteiger charge is 2.32. The number of rotatable bonds is 3. The van der Waals surface area contributed by atoms with E-state index in [2.05, 4.69) is 24.5 Å². The van der Waals surface area contributed by atoms with Crippen LogP contribution in [0.1, 0.15) is 50.2 Å². The molecule has 2 N–H and O–H groups in total. The van der Waals surface area contributed by atoms with Crippen molar-refractivity contribution in [2.45, 2.75) is 65.0 Å². The second kappa shape index (κ2) is 7.46. The van der Waals surface area contributed by atoms with Gasteiger partial charge in [-0.2, -0.15) is 0 Å². The third-order valence-electron chi connectivity index (χ3n) is 5.69. The first kappa shape index (κ1) is 17.8. The van der Waals surface area contributed by atoms with Crippen molar-refractivity contribution >= 4 is 17.6 Å². The van der Waals surface area contributed by atoms with E-state index >= 15 is 0 Å². The highest BCUT2D eigenvalue weighted by Crippen LogP contribution is 2.25. The molecule has 2 aliphatic rings. The maximum absolute atomic E-state index is 12.4. The number of hydrogen-bond donors (Lipinski definition) is 2. The lowest BCUT2D eigenvalue weighted by Crippen LogP contribution is -2.49. The SMILES string of the molecule is Cc1ccc(N2CC(NC(=O)NC3CCCCC3C)CC2=O)cc1C. The van der Waals surface area contributed by atoms with Gasteiger partial charge in [-0.3, -0.25) is 4.79 Å². The van der Waals surface area contributed by atoms with Crippen LogP contribution in [-0.2, 0) is 4.79 Å². The van der Waals surface area contributed by atoms with Crippen LogP contribution >= 0.6 is 0 Å². The van der Waals surface area contributed by atoms with Crippen molar-refractivity contribution in [2.75, 3.05) is 11.4 Å². The minimum Gasteiger partial charge on any atom is -0.335 e. The van der Waals surface area contributed by atoms with Crippen LogP contribution < -0.4 is 15.5 Å². The van der Waals surface area contributed by atoms with E-state index in [0.29, 0.717) is 18.9 Å². The van der Waals surface area contributed by atoms with Gasteiger partial charge in [0.15, 0.2) is 0 Å². The Morgan fingerprint density at radius 2 is 1.88 bits per heavy atom. The predicted molar refractivity (Wildman–Crippen MR) is 99.8 cm³/mol. The van der Waals surface area contributed by atoms with Crippen LogP contribution in [0, 0.1) is 19.8 Å². The predicted octanol–water partition coefficient (Wildman–Crippen LogP) is 3.29. The second-order valence-electron chi connectivity index (χ2n) is 7.66. The van der Waals surface area contributed by atoms with E-state index in [1.165, 1.54) is 30.4 Å². The van der Waals surface area contributed by atoms with Crippen LogP contribution in [0.25, 0.3) is 0 Å². The maximum Gasteiger partial charge on any atom is 0.315 e. The first-order valence-electron chi connectivity index (χ1n) is 9.38. The van der Waals surface area contributed by atoms with Crippen LogP contribution in [0.3, 0.4) is 0 Å². The molecule has 136 valence electrons. The average Bonchev–Trinajstić information content (AvgIpc) is 2.92. The minimum absolute atomic E-state index is 0.0691. The van der Waals surface area contributed by atoms with Crippen LogP contribution in [0.15, 0.2) is 18.2 Å². The van der Waals surface area contributed by atoms with E-state index in [9.17, 15) is 9.59 Å². The zero-order valence-electron chi connectivity index (χ0n) is 15.5. The number of anilines is 1. The molecule has 1 aliphatic heterocycles. The molecule has 3 rings (SSSR count). The van der Waals surface area contributed by atoms with Gasteiger partial charge in [0.05, 0.1) is 6.04 Å². The van der Waals surface area contributed by atoms with Crippen molar-refractivity contribution in [1.29, 1.82) is 0 Å². The van der Waals surface area contributed by atoms with Crippen molar-refractivity contribution in [2.24, 2.45) is 5.92 Å². The fourth-order valence-electron chi connectivity index (χ4n) is 3.87. The lowest BCUT2D eigenvalue weighted by Gasteiger charge is -2.30. The van der Waals surface area contributed by atoms with Gasteiger partial charge in [0, 0.05) is 24.7 Å². The largest absolute Gasteiger partial charge is 0.335 e. The summed E-state index contributed by atoms with van der Waals surface area (Å²) in [5.74, 6) is 0.594. The molecule has 1 saturated heterocycles. The normalized spacial score (nSPS) is 26.6. The van der Waals surface area contributed by atoms with Gasteiger partial charge in [-0.1, -0.05) is 25.8 Å². The quantitative estimate of drug-likeness (QED) is 0.885. The summed E-state index contributed by atoms with van der Waals surface area (Å²) in [5.41, 5.74) is 3.30.